The summed E-state index contributed by atoms with van der Waals surface area (Å²) in [5, 5.41) is 0.653. The van der Waals surface area contributed by atoms with Crippen molar-refractivity contribution in [2.45, 2.75) is 36.6 Å². The van der Waals surface area contributed by atoms with Gasteiger partial charge in [0.15, 0.2) is 0 Å². The van der Waals surface area contributed by atoms with Crippen molar-refractivity contribution in [3.8, 4) is 0 Å². The Labute approximate surface area is 136 Å². The lowest BCUT2D eigenvalue weighted by Gasteiger charge is -2.42. The highest BCUT2D eigenvalue weighted by Gasteiger charge is 2.42. The quantitative estimate of drug-likeness (QED) is 0.917. The van der Waals surface area contributed by atoms with E-state index >= 15 is 0 Å². The van der Waals surface area contributed by atoms with E-state index in [0.29, 0.717) is 9.92 Å². The summed E-state index contributed by atoms with van der Waals surface area (Å²) in [4.78, 5) is 0.313. The van der Waals surface area contributed by atoms with Gasteiger partial charge in [-0.15, -0.1) is 0 Å². The molecule has 5 heteroatoms. The third-order valence-corrected chi connectivity index (χ3v) is 6.02. The maximum atomic E-state index is 12.7. The van der Waals surface area contributed by atoms with Gasteiger partial charge in [0.25, 0.3) is 0 Å². The normalized spacial score (nSPS) is 17.0. The Bertz CT molecular complexity index is 781. The van der Waals surface area contributed by atoms with Gasteiger partial charge in [0.05, 0.1) is 10.4 Å². The maximum absolute atomic E-state index is 12.7. The SMILES string of the molecule is Cc1cccc(S(=O)(=O)NC2(c3ccc(Cl)cc3)CCC2)c1. The van der Waals surface area contributed by atoms with Crippen LogP contribution in [-0.2, 0) is 15.6 Å². The van der Waals surface area contributed by atoms with E-state index in [1.807, 2.05) is 25.1 Å². The Balaban J connectivity index is 1.94. The van der Waals surface area contributed by atoms with E-state index in [1.54, 1.807) is 30.3 Å². The summed E-state index contributed by atoms with van der Waals surface area (Å²) in [6, 6.07) is 14.4. The van der Waals surface area contributed by atoms with E-state index in [-0.39, 0.29) is 0 Å². The van der Waals surface area contributed by atoms with Crippen molar-refractivity contribution in [2.75, 3.05) is 0 Å². The van der Waals surface area contributed by atoms with Gasteiger partial charge >= 0.3 is 0 Å². The molecule has 2 aromatic carbocycles. The molecule has 0 saturated heterocycles. The summed E-state index contributed by atoms with van der Waals surface area (Å²) < 4.78 is 28.3. The van der Waals surface area contributed by atoms with E-state index in [4.69, 9.17) is 11.6 Å². The number of nitrogens with one attached hydrogen (secondary N) is 1. The van der Waals surface area contributed by atoms with Gasteiger partial charge in [0, 0.05) is 5.02 Å². The Morgan fingerprint density at radius 3 is 2.32 bits per heavy atom. The second-order valence-electron chi connectivity index (χ2n) is 5.86. The first-order valence-electron chi connectivity index (χ1n) is 7.28. The van der Waals surface area contributed by atoms with Crippen molar-refractivity contribution < 1.29 is 8.42 Å². The lowest BCUT2D eigenvalue weighted by atomic mass is 9.73. The first kappa shape index (κ1) is 15.5. The molecule has 3 rings (SSSR count). The Kier molecular flexibility index (Phi) is 4.02. The van der Waals surface area contributed by atoms with Gasteiger partial charge in [-0.3, -0.25) is 0 Å². The molecule has 1 saturated carbocycles. The van der Waals surface area contributed by atoms with Gasteiger partial charge in [0.2, 0.25) is 10.0 Å². The third kappa shape index (κ3) is 2.91. The molecule has 0 spiro atoms. The zero-order valence-electron chi connectivity index (χ0n) is 12.3. The zero-order valence-corrected chi connectivity index (χ0v) is 13.9. The topological polar surface area (TPSA) is 46.2 Å². The van der Waals surface area contributed by atoms with Gasteiger partial charge in [0.1, 0.15) is 0 Å². The number of hydrogen-bond donors (Lipinski definition) is 1. The van der Waals surface area contributed by atoms with Crippen LogP contribution >= 0.6 is 11.6 Å². The minimum Gasteiger partial charge on any atom is -0.207 e. The fourth-order valence-electron chi connectivity index (χ4n) is 2.85. The molecule has 1 fully saturated rings. The van der Waals surface area contributed by atoms with Gasteiger partial charge in [-0.1, -0.05) is 35.9 Å². The van der Waals surface area contributed by atoms with Crippen LogP contribution in [-0.4, -0.2) is 8.42 Å². The second kappa shape index (κ2) is 5.69. The van der Waals surface area contributed by atoms with E-state index < -0.39 is 15.6 Å². The molecule has 0 unspecified atom stereocenters. The maximum Gasteiger partial charge on any atom is 0.241 e. The van der Waals surface area contributed by atoms with Crippen LogP contribution in [0, 0.1) is 6.92 Å². The largest absolute Gasteiger partial charge is 0.241 e. The fourth-order valence-corrected chi connectivity index (χ4v) is 4.53. The number of sulfonamides is 1. The Hall–Kier alpha value is -1.36. The predicted molar refractivity (Wildman–Crippen MR) is 88.5 cm³/mol. The second-order valence-corrected chi connectivity index (χ2v) is 7.98. The molecule has 0 atom stereocenters. The minimum absolute atomic E-state index is 0.313. The molecule has 0 radical (unpaired) electrons. The zero-order chi connectivity index (χ0) is 15.8. The first-order valence-corrected chi connectivity index (χ1v) is 9.14. The van der Waals surface area contributed by atoms with Crippen molar-refractivity contribution in [1.29, 1.82) is 0 Å². The Morgan fingerprint density at radius 2 is 1.77 bits per heavy atom. The summed E-state index contributed by atoms with van der Waals surface area (Å²) in [6.45, 7) is 1.89. The Morgan fingerprint density at radius 1 is 1.09 bits per heavy atom. The summed E-state index contributed by atoms with van der Waals surface area (Å²) >= 11 is 5.93. The van der Waals surface area contributed by atoms with Crippen LogP contribution in [0.2, 0.25) is 5.02 Å². The summed E-state index contributed by atoms with van der Waals surface area (Å²) in [6.07, 6.45) is 2.62. The number of aryl methyl sites for hydroxylation is 1. The van der Waals surface area contributed by atoms with E-state index in [1.165, 1.54) is 0 Å². The first-order chi connectivity index (χ1) is 10.4. The van der Waals surface area contributed by atoms with Crippen molar-refractivity contribution in [3.63, 3.8) is 0 Å². The van der Waals surface area contributed by atoms with Crippen molar-refractivity contribution in [1.82, 2.24) is 4.72 Å². The number of halogens is 1. The van der Waals surface area contributed by atoms with Crippen molar-refractivity contribution >= 4 is 21.6 Å². The van der Waals surface area contributed by atoms with Crippen LogP contribution < -0.4 is 4.72 Å². The highest BCUT2D eigenvalue weighted by atomic mass is 35.5. The monoisotopic (exact) mass is 335 g/mol. The van der Waals surface area contributed by atoms with Crippen LogP contribution in [0.5, 0.6) is 0 Å². The molecule has 3 nitrogen and oxygen atoms in total. The highest BCUT2D eigenvalue weighted by Crippen LogP contribution is 2.42. The number of hydrogen-bond acceptors (Lipinski definition) is 2. The molecule has 1 aliphatic carbocycles. The van der Waals surface area contributed by atoms with Gasteiger partial charge in [-0.2, -0.15) is 0 Å². The molecule has 0 bridgehead atoms. The van der Waals surface area contributed by atoms with Crippen LogP contribution in [0.15, 0.2) is 53.4 Å². The van der Waals surface area contributed by atoms with E-state index in [9.17, 15) is 8.42 Å². The summed E-state index contributed by atoms with van der Waals surface area (Å²) in [7, 11) is -3.54. The lowest BCUT2D eigenvalue weighted by molar-refractivity contribution is 0.224. The predicted octanol–water partition coefficient (Wildman–Crippen LogP) is 4.01. The van der Waals surface area contributed by atoms with Crippen LogP contribution in [0.3, 0.4) is 0 Å². The fraction of sp³-hybridized carbons (Fsp3) is 0.294. The molecular weight excluding hydrogens is 318 g/mol. The molecule has 22 heavy (non-hydrogen) atoms. The molecule has 2 aromatic rings. The van der Waals surface area contributed by atoms with Crippen molar-refractivity contribution in [3.05, 3.63) is 64.7 Å². The van der Waals surface area contributed by atoms with Gasteiger partial charge in [-0.25, -0.2) is 13.1 Å². The molecular formula is C17H18ClNO2S. The molecule has 0 aromatic heterocycles. The number of rotatable bonds is 4. The van der Waals surface area contributed by atoms with Crippen LogP contribution in [0.1, 0.15) is 30.4 Å². The van der Waals surface area contributed by atoms with Crippen LogP contribution in [0.4, 0.5) is 0 Å². The third-order valence-electron chi connectivity index (χ3n) is 4.23. The molecule has 0 aliphatic heterocycles. The van der Waals surface area contributed by atoms with Gasteiger partial charge in [-0.05, 0) is 61.6 Å². The molecule has 0 amide bonds. The molecule has 116 valence electrons. The van der Waals surface area contributed by atoms with Gasteiger partial charge < -0.3 is 0 Å². The number of benzene rings is 2. The molecule has 0 heterocycles. The summed E-state index contributed by atoms with van der Waals surface area (Å²) in [5.41, 5.74) is 1.39. The minimum atomic E-state index is -3.54. The standard InChI is InChI=1S/C17H18ClNO2S/c1-13-4-2-5-16(12-13)22(20,21)19-17(10-3-11-17)14-6-8-15(18)9-7-14/h2,4-9,12,19H,3,10-11H2,1H3. The van der Waals surface area contributed by atoms with E-state index in [2.05, 4.69) is 4.72 Å². The molecule has 1 N–H and O–H groups in total. The van der Waals surface area contributed by atoms with E-state index in [0.717, 1.165) is 30.4 Å². The lowest BCUT2D eigenvalue weighted by Crippen LogP contribution is -2.50. The highest BCUT2D eigenvalue weighted by molar-refractivity contribution is 7.89. The smallest absolute Gasteiger partial charge is 0.207 e. The van der Waals surface area contributed by atoms with Crippen LogP contribution in [0.25, 0.3) is 0 Å². The average Bonchev–Trinajstić information content (AvgIpc) is 2.44. The average molecular weight is 336 g/mol. The summed E-state index contributed by atoms with van der Waals surface area (Å²) in [5.74, 6) is 0. The molecule has 1 aliphatic rings. The van der Waals surface area contributed by atoms with Crippen molar-refractivity contribution in [2.24, 2.45) is 0 Å².